The van der Waals surface area contributed by atoms with Gasteiger partial charge in [0.05, 0.1) is 7.11 Å². The topological polar surface area (TPSA) is 35.2 Å². The number of aryl methyl sites for hydroxylation is 1. The lowest BCUT2D eigenvalue weighted by atomic mass is 9.68. The van der Waals surface area contributed by atoms with Crippen molar-refractivity contribution in [3.63, 3.8) is 0 Å². The van der Waals surface area contributed by atoms with Crippen LogP contribution in [0, 0.1) is 0 Å². The summed E-state index contributed by atoms with van der Waals surface area (Å²) in [5, 5.41) is 0. The van der Waals surface area contributed by atoms with Gasteiger partial charge in [0.2, 0.25) is 0 Å². The van der Waals surface area contributed by atoms with Gasteiger partial charge in [0.25, 0.3) is 0 Å². The van der Waals surface area contributed by atoms with Gasteiger partial charge in [-0.25, -0.2) is 0 Å². The van der Waals surface area contributed by atoms with Crippen LogP contribution >= 0.6 is 0 Å². The molecule has 0 radical (unpaired) electrons. The van der Waals surface area contributed by atoms with Crippen molar-refractivity contribution in [2.45, 2.75) is 70.6 Å². The van der Waals surface area contributed by atoms with Gasteiger partial charge in [-0.05, 0) is 41.9 Å². The van der Waals surface area contributed by atoms with Gasteiger partial charge >= 0.3 is 0 Å². The van der Waals surface area contributed by atoms with Gasteiger partial charge in [-0.1, -0.05) is 52.2 Å². The Bertz CT molecular complexity index is 473. The Morgan fingerprint density at radius 2 is 1.86 bits per heavy atom. The number of hydrogen-bond acceptors (Lipinski definition) is 2. The summed E-state index contributed by atoms with van der Waals surface area (Å²) in [5.41, 5.74) is 10.5. The molecule has 0 unspecified atom stereocenters. The molecule has 1 fully saturated rings. The third-order valence-electron chi connectivity index (χ3n) is 5.22. The first kappa shape index (κ1) is 16.4. The minimum absolute atomic E-state index is 0.193. The van der Waals surface area contributed by atoms with Gasteiger partial charge in [0, 0.05) is 12.0 Å². The summed E-state index contributed by atoms with van der Waals surface area (Å²) in [7, 11) is 1.79. The van der Waals surface area contributed by atoms with E-state index in [2.05, 4.69) is 32.9 Å². The van der Waals surface area contributed by atoms with Crippen LogP contribution in [0.2, 0.25) is 0 Å². The van der Waals surface area contributed by atoms with E-state index in [1.807, 2.05) is 0 Å². The molecule has 0 aliphatic heterocycles. The Hall–Kier alpha value is -1.02. The molecule has 1 saturated carbocycles. The summed E-state index contributed by atoms with van der Waals surface area (Å²) in [6.45, 7) is 7.47. The Labute approximate surface area is 130 Å². The molecule has 0 amide bonds. The van der Waals surface area contributed by atoms with E-state index in [0.717, 1.165) is 18.7 Å². The van der Waals surface area contributed by atoms with E-state index < -0.39 is 0 Å². The normalized spacial score (nSPS) is 18.0. The average molecular weight is 289 g/mol. The maximum absolute atomic E-state index is 6.23. The Morgan fingerprint density at radius 1 is 1.19 bits per heavy atom. The summed E-state index contributed by atoms with van der Waals surface area (Å²) >= 11 is 0. The smallest absolute Gasteiger partial charge is 0.125 e. The van der Waals surface area contributed by atoms with Crippen LogP contribution in [0.15, 0.2) is 12.1 Å². The zero-order valence-electron chi connectivity index (χ0n) is 14.2. The lowest BCUT2D eigenvalue weighted by molar-refractivity contribution is 0.299. The van der Waals surface area contributed by atoms with E-state index in [-0.39, 0.29) is 5.41 Å². The maximum atomic E-state index is 6.23. The fraction of sp³-hybridized carbons (Fsp3) is 0.684. The number of hydrogen-bond donors (Lipinski definition) is 1. The first-order valence-electron chi connectivity index (χ1n) is 8.49. The van der Waals surface area contributed by atoms with Crippen LogP contribution in [0.25, 0.3) is 0 Å². The van der Waals surface area contributed by atoms with Crippen molar-refractivity contribution in [3.05, 3.63) is 28.8 Å². The van der Waals surface area contributed by atoms with Gasteiger partial charge in [-0.2, -0.15) is 0 Å². The lowest BCUT2D eigenvalue weighted by Crippen LogP contribution is -2.37. The number of methoxy groups -OCH3 is 1. The lowest BCUT2D eigenvalue weighted by Gasteiger charge is -2.38. The van der Waals surface area contributed by atoms with E-state index in [0.29, 0.717) is 5.92 Å². The molecule has 0 spiro atoms. The molecule has 0 atom stereocenters. The second-order valence-electron chi connectivity index (χ2n) is 6.81. The van der Waals surface area contributed by atoms with Crippen molar-refractivity contribution < 1.29 is 4.74 Å². The van der Waals surface area contributed by atoms with Crippen LogP contribution < -0.4 is 10.5 Å². The van der Waals surface area contributed by atoms with Crippen molar-refractivity contribution in [1.82, 2.24) is 0 Å². The second-order valence-corrected chi connectivity index (χ2v) is 6.81. The number of rotatable bonds is 5. The number of nitrogens with two attached hydrogens (primary N) is 1. The van der Waals surface area contributed by atoms with Crippen molar-refractivity contribution in [1.29, 1.82) is 0 Å². The molecule has 2 nitrogen and oxygen atoms in total. The minimum Gasteiger partial charge on any atom is -0.496 e. The van der Waals surface area contributed by atoms with E-state index >= 15 is 0 Å². The largest absolute Gasteiger partial charge is 0.496 e. The van der Waals surface area contributed by atoms with Crippen LogP contribution in [-0.2, 0) is 11.8 Å². The molecule has 1 aliphatic rings. The second kappa shape index (κ2) is 6.83. The van der Waals surface area contributed by atoms with Crippen LogP contribution in [0.1, 0.15) is 75.5 Å². The molecule has 2 rings (SSSR count). The molecule has 118 valence electrons. The molecule has 0 saturated heterocycles. The van der Waals surface area contributed by atoms with Crippen molar-refractivity contribution >= 4 is 0 Å². The van der Waals surface area contributed by atoms with Gasteiger partial charge in [-0.3, -0.25) is 0 Å². The van der Waals surface area contributed by atoms with Gasteiger partial charge < -0.3 is 10.5 Å². The predicted octanol–water partition coefficient (Wildman–Crippen LogP) is 4.54. The summed E-state index contributed by atoms with van der Waals surface area (Å²) in [6.07, 6.45) is 7.45. The first-order valence-corrected chi connectivity index (χ1v) is 8.49. The van der Waals surface area contributed by atoms with Crippen LogP contribution in [0.4, 0.5) is 0 Å². The Kier molecular flexibility index (Phi) is 5.32. The molecule has 1 aromatic carbocycles. The highest BCUT2D eigenvalue weighted by molar-refractivity contribution is 5.48. The zero-order valence-corrected chi connectivity index (χ0v) is 14.2. The summed E-state index contributed by atoms with van der Waals surface area (Å²) in [5.74, 6) is 1.56. The fourth-order valence-corrected chi connectivity index (χ4v) is 3.80. The fourth-order valence-electron chi connectivity index (χ4n) is 3.80. The molecule has 1 aromatic rings. The summed E-state index contributed by atoms with van der Waals surface area (Å²) in [6, 6.07) is 4.74. The Morgan fingerprint density at radius 3 is 2.33 bits per heavy atom. The Balaban J connectivity index is 2.55. The summed E-state index contributed by atoms with van der Waals surface area (Å²) < 4.78 is 5.71. The van der Waals surface area contributed by atoms with Gasteiger partial charge in [0.1, 0.15) is 5.75 Å². The van der Waals surface area contributed by atoms with Gasteiger partial charge in [0.15, 0.2) is 0 Å². The highest BCUT2D eigenvalue weighted by Gasteiger charge is 2.33. The zero-order chi connectivity index (χ0) is 15.5. The molecule has 2 heteroatoms. The SMILES string of the molecule is CCc1cc(C2(CN)CCCCC2)cc(C(C)C)c1OC. The number of benzene rings is 1. The van der Waals surface area contributed by atoms with Crippen molar-refractivity contribution in [2.75, 3.05) is 13.7 Å². The maximum Gasteiger partial charge on any atom is 0.125 e. The van der Waals surface area contributed by atoms with Crippen LogP contribution in [0.5, 0.6) is 5.75 Å². The number of ether oxygens (including phenoxy) is 1. The monoisotopic (exact) mass is 289 g/mol. The molecule has 0 heterocycles. The highest BCUT2D eigenvalue weighted by Crippen LogP contribution is 2.42. The van der Waals surface area contributed by atoms with Gasteiger partial charge in [-0.15, -0.1) is 0 Å². The molecule has 21 heavy (non-hydrogen) atoms. The molecule has 0 aromatic heterocycles. The third-order valence-corrected chi connectivity index (χ3v) is 5.22. The molecule has 2 N–H and O–H groups in total. The standard InChI is InChI=1S/C19H31NO/c1-5-15-11-16(12-17(14(2)3)18(15)21-4)19(13-20)9-7-6-8-10-19/h11-12,14H,5-10,13,20H2,1-4H3. The van der Waals surface area contributed by atoms with Crippen LogP contribution in [-0.4, -0.2) is 13.7 Å². The van der Waals surface area contributed by atoms with Crippen molar-refractivity contribution in [2.24, 2.45) is 5.73 Å². The molecular formula is C19H31NO. The molecular weight excluding hydrogens is 258 g/mol. The van der Waals surface area contributed by atoms with E-state index in [4.69, 9.17) is 10.5 Å². The first-order chi connectivity index (χ1) is 10.1. The third kappa shape index (κ3) is 3.11. The van der Waals surface area contributed by atoms with E-state index in [1.54, 1.807) is 7.11 Å². The predicted molar refractivity (Wildman–Crippen MR) is 90.3 cm³/mol. The molecule has 0 bridgehead atoms. The van der Waals surface area contributed by atoms with E-state index in [1.165, 1.54) is 48.8 Å². The minimum atomic E-state index is 0.193. The average Bonchev–Trinajstić information content (AvgIpc) is 2.53. The quantitative estimate of drug-likeness (QED) is 0.863. The summed E-state index contributed by atoms with van der Waals surface area (Å²) in [4.78, 5) is 0. The van der Waals surface area contributed by atoms with Crippen molar-refractivity contribution in [3.8, 4) is 5.75 Å². The molecule has 1 aliphatic carbocycles. The highest BCUT2D eigenvalue weighted by atomic mass is 16.5. The van der Waals surface area contributed by atoms with E-state index in [9.17, 15) is 0 Å². The van der Waals surface area contributed by atoms with Crippen LogP contribution in [0.3, 0.4) is 0 Å².